The van der Waals surface area contributed by atoms with Gasteiger partial charge in [0.25, 0.3) is 0 Å². The van der Waals surface area contributed by atoms with Gasteiger partial charge < -0.3 is 9.47 Å². The second kappa shape index (κ2) is 7.19. The summed E-state index contributed by atoms with van der Waals surface area (Å²) in [6.07, 6.45) is -0.450. The minimum Gasteiger partial charge on any atom is -0.469 e. The van der Waals surface area contributed by atoms with E-state index in [0.717, 1.165) is 19.8 Å². The number of benzene rings is 1. The Morgan fingerprint density at radius 1 is 1.14 bits per heavy atom. The SMILES string of the molecule is COC(=O)C[C@@H](NS(=O)(=O)c1ccc(C)cc1)C(=O)OC. The van der Waals surface area contributed by atoms with E-state index < -0.39 is 34.4 Å². The minimum atomic E-state index is -3.94. The van der Waals surface area contributed by atoms with E-state index in [-0.39, 0.29) is 4.90 Å². The van der Waals surface area contributed by atoms with Crippen molar-refractivity contribution < 1.29 is 27.5 Å². The van der Waals surface area contributed by atoms with Gasteiger partial charge in [0.1, 0.15) is 6.04 Å². The Balaban J connectivity index is 2.98. The molecule has 1 aromatic rings. The number of aryl methyl sites for hydroxylation is 1. The molecule has 1 aromatic carbocycles. The van der Waals surface area contributed by atoms with Crippen molar-refractivity contribution in [3.63, 3.8) is 0 Å². The van der Waals surface area contributed by atoms with Crippen molar-refractivity contribution in [1.29, 1.82) is 0 Å². The lowest BCUT2D eigenvalue weighted by molar-refractivity contribution is -0.149. The summed E-state index contributed by atoms with van der Waals surface area (Å²) in [5.41, 5.74) is 0.896. The molecule has 0 saturated heterocycles. The summed E-state index contributed by atoms with van der Waals surface area (Å²) in [6, 6.07) is 4.73. The number of hydrogen-bond donors (Lipinski definition) is 1. The Labute approximate surface area is 123 Å². The van der Waals surface area contributed by atoms with Crippen molar-refractivity contribution >= 4 is 22.0 Å². The van der Waals surface area contributed by atoms with Crippen molar-refractivity contribution in [1.82, 2.24) is 4.72 Å². The van der Waals surface area contributed by atoms with Crippen LogP contribution in [0.2, 0.25) is 0 Å². The number of hydrogen-bond acceptors (Lipinski definition) is 6. The van der Waals surface area contributed by atoms with Gasteiger partial charge >= 0.3 is 11.9 Å². The number of carbonyl (C=O) groups is 2. The smallest absolute Gasteiger partial charge is 0.324 e. The van der Waals surface area contributed by atoms with Crippen molar-refractivity contribution in [3.05, 3.63) is 29.8 Å². The van der Waals surface area contributed by atoms with Gasteiger partial charge in [-0.1, -0.05) is 17.7 Å². The molecule has 0 spiro atoms. The van der Waals surface area contributed by atoms with E-state index in [0.29, 0.717) is 0 Å². The molecule has 0 fully saturated rings. The van der Waals surface area contributed by atoms with Crippen LogP contribution in [0.5, 0.6) is 0 Å². The Bertz CT molecular complexity index is 608. The lowest BCUT2D eigenvalue weighted by atomic mass is 10.2. The lowest BCUT2D eigenvalue weighted by Gasteiger charge is -2.15. The van der Waals surface area contributed by atoms with Crippen LogP contribution in [0.15, 0.2) is 29.2 Å². The van der Waals surface area contributed by atoms with Crippen LogP contribution in [0.25, 0.3) is 0 Å². The highest BCUT2D eigenvalue weighted by Gasteiger charge is 2.29. The molecule has 0 aliphatic rings. The molecule has 116 valence electrons. The highest BCUT2D eigenvalue weighted by molar-refractivity contribution is 7.89. The monoisotopic (exact) mass is 315 g/mol. The topological polar surface area (TPSA) is 98.8 Å². The fourth-order valence-corrected chi connectivity index (χ4v) is 2.72. The average Bonchev–Trinajstić information content (AvgIpc) is 2.45. The predicted octanol–water partition coefficient (Wildman–Crippen LogP) is 0.378. The number of nitrogens with one attached hydrogen (secondary N) is 1. The molecule has 1 N–H and O–H groups in total. The number of sulfonamides is 1. The van der Waals surface area contributed by atoms with Gasteiger partial charge in [0.2, 0.25) is 10.0 Å². The van der Waals surface area contributed by atoms with E-state index in [1.807, 2.05) is 6.92 Å². The number of rotatable bonds is 6. The van der Waals surface area contributed by atoms with Gasteiger partial charge in [-0.05, 0) is 19.1 Å². The normalized spacial score (nSPS) is 12.5. The van der Waals surface area contributed by atoms with Crippen LogP contribution in [0.1, 0.15) is 12.0 Å². The summed E-state index contributed by atoms with van der Waals surface area (Å²) >= 11 is 0. The standard InChI is InChI=1S/C13H17NO6S/c1-9-4-6-10(7-5-9)21(17,18)14-11(13(16)20-3)8-12(15)19-2/h4-7,11,14H,8H2,1-3H3/t11-/m1/s1. The Kier molecular flexibility index (Phi) is 5.86. The van der Waals surface area contributed by atoms with Crippen LogP contribution in [-0.2, 0) is 29.1 Å². The molecule has 0 aromatic heterocycles. The maximum absolute atomic E-state index is 12.2. The fourth-order valence-electron chi connectivity index (χ4n) is 1.54. The van der Waals surface area contributed by atoms with Gasteiger partial charge in [-0.15, -0.1) is 0 Å². The van der Waals surface area contributed by atoms with Gasteiger partial charge in [0, 0.05) is 0 Å². The molecule has 1 atom stereocenters. The van der Waals surface area contributed by atoms with Crippen molar-refractivity contribution in [3.8, 4) is 0 Å². The number of carbonyl (C=O) groups excluding carboxylic acids is 2. The first-order valence-corrected chi connectivity index (χ1v) is 7.52. The van der Waals surface area contributed by atoms with E-state index in [2.05, 4.69) is 14.2 Å². The third kappa shape index (κ3) is 4.83. The highest BCUT2D eigenvalue weighted by Crippen LogP contribution is 2.12. The molecule has 1 rings (SSSR count). The van der Waals surface area contributed by atoms with E-state index in [1.165, 1.54) is 12.1 Å². The van der Waals surface area contributed by atoms with Crippen LogP contribution in [0.3, 0.4) is 0 Å². The maximum Gasteiger partial charge on any atom is 0.324 e. The van der Waals surface area contributed by atoms with Crippen LogP contribution in [0.4, 0.5) is 0 Å². The summed E-state index contributed by atoms with van der Waals surface area (Å²) in [5, 5.41) is 0. The molecule has 0 bridgehead atoms. The van der Waals surface area contributed by atoms with Gasteiger partial charge in [-0.25, -0.2) is 8.42 Å². The molecule has 0 amide bonds. The predicted molar refractivity (Wildman–Crippen MR) is 73.9 cm³/mol. The first-order valence-electron chi connectivity index (χ1n) is 6.04. The van der Waals surface area contributed by atoms with Crippen molar-refractivity contribution in [2.75, 3.05) is 14.2 Å². The third-order valence-corrected chi connectivity index (χ3v) is 4.20. The summed E-state index contributed by atoms with van der Waals surface area (Å²) in [7, 11) is -1.70. The maximum atomic E-state index is 12.2. The lowest BCUT2D eigenvalue weighted by Crippen LogP contribution is -2.43. The Hall–Kier alpha value is -1.93. The summed E-state index contributed by atoms with van der Waals surface area (Å²) in [4.78, 5) is 22.8. The average molecular weight is 315 g/mol. The molecule has 0 radical (unpaired) electrons. The Morgan fingerprint density at radius 2 is 1.71 bits per heavy atom. The van der Waals surface area contributed by atoms with Crippen LogP contribution < -0.4 is 4.72 Å². The summed E-state index contributed by atoms with van der Waals surface area (Å²) in [5.74, 6) is -1.59. The van der Waals surface area contributed by atoms with E-state index in [9.17, 15) is 18.0 Å². The van der Waals surface area contributed by atoms with Crippen molar-refractivity contribution in [2.45, 2.75) is 24.3 Å². The largest absolute Gasteiger partial charge is 0.469 e. The second-order valence-electron chi connectivity index (χ2n) is 4.29. The first-order chi connectivity index (χ1) is 9.80. The quantitative estimate of drug-likeness (QED) is 0.762. The summed E-state index contributed by atoms with van der Waals surface area (Å²) in [6.45, 7) is 1.82. The highest BCUT2D eigenvalue weighted by atomic mass is 32.2. The first kappa shape index (κ1) is 17.1. The third-order valence-electron chi connectivity index (χ3n) is 2.71. The van der Waals surface area contributed by atoms with E-state index in [1.54, 1.807) is 12.1 Å². The molecule has 21 heavy (non-hydrogen) atoms. The minimum absolute atomic E-state index is 0.00753. The van der Waals surface area contributed by atoms with Crippen LogP contribution in [-0.4, -0.2) is 40.6 Å². The number of esters is 2. The zero-order valence-electron chi connectivity index (χ0n) is 12.0. The molecule has 8 heteroatoms. The summed E-state index contributed by atoms with van der Waals surface area (Å²) < 4.78 is 35.4. The molecule has 0 unspecified atom stereocenters. The molecule has 0 aliphatic heterocycles. The molecular formula is C13H17NO6S. The molecule has 0 aliphatic carbocycles. The zero-order valence-corrected chi connectivity index (χ0v) is 12.8. The van der Waals surface area contributed by atoms with Gasteiger partial charge in [-0.3, -0.25) is 9.59 Å². The molecular weight excluding hydrogens is 298 g/mol. The van der Waals surface area contributed by atoms with Gasteiger partial charge in [-0.2, -0.15) is 4.72 Å². The Morgan fingerprint density at radius 3 is 2.19 bits per heavy atom. The molecule has 7 nitrogen and oxygen atoms in total. The van der Waals surface area contributed by atoms with Crippen molar-refractivity contribution in [2.24, 2.45) is 0 Å². The number of ether oxygens (including phenoxy) is 2. The zero-order chi connectivity index (χ0) is 16.0. The fraction of sp³-hybridized carbons (Fsp3) is 0.385. The van der Waals surface area contributed by atoms with Crippen LogP contribution in [0, 0.1) is 6.92 Å². The van der Waals surface area contributed by atoms with Gasteiger partial charge in [0.05, 0.1) is 25.5 Å². The van der Waals surface area contributed by atoms with E-state index in [4.69, 9.17) is 0 Å². The van der Waals surface area contributed by atoms with Gasteiger partial charge in [0.15, 0.2) is 0 Å². The second-order valence-corrected chi connectivity index (χ2v) is 6.00. The van der Waals surface area contributed by atoms with E-state index >= 15 is 0 Å². The molecule has 0 saturated carbocycles. The number of methoxy groups -OCH3 is 2. The molecule has 0 heterocycles. The van der Waals surface area contributed by atoms with Crippen LogP contribution >= 0.6 is 0 Å².